The second-order valence-corrected chi connectivity index (χ2v) is 8.66. The van der Waals surface area contributed by atoms with Gasteiger partial charge in [-0.25, -0.2) is 9.37 Å². The topological polar surface area (TPSA) is 53.1 Å². The van der Waals surface area contributed by atoms with Crippen molar-refractivity contribution in [3.8, 4) is 0 Å². The lowest BCUT2D eigenvalue weighted by Gasteiger charge is -2.30. The second-order valence-electron chi connectivity index (χ2n) is 8.66. The molecular weight excluding hydrogens is 434 g/mol. The number of rotatable bonds is 6. The number of aromatic nitrogens is 2. The summed E-state index contributed by atoms with van der Waals surface area (Å²) in [5.74, 6) is 0.803. The summed E-state index contributed by atoms with van der Waals surface area (Å²) in [5, 5.41) is 7.64. The number of para-hydroxylation sites is 1. The zero-order valence-corrected chi connectivity index (χ0v) is 18.6. The summed E-state index contributed by atoms with van der Waals surface area (Å²) in [4.78, 5) is 11.3. The van der Waals surface area contributed by atoms with Crippen LogP contribution < -0.4 is 15.5 Å². The lowest BCUT2D eigenvalue weighted by molar-refractivity contribution is -0.137. The summed E-state index contributed by atoms with van der Waals surface area (Å²) in [7, 11) is 3.89. The summed E-state index contributed by atoms with van der Waals surface area (Å²) >= 11 is 0. The highest BCUT2D eigenvalue weighted by molar-refractivity contribution is 5.90. The van der Waals surface area contributed by atoms with Crippen LogP contribution in [0.4, 0.5) is 29.3 Å². The van der Waals surface area contributed by atoms with Crippen molar-refractivity contribution in [3.05, 3.63) is 59.4 Å². The minimum absolute atomic E-state index is 0.0332. The number of alkyl halides is 3. The third-order valence-electron chi connectivity index (χ3n) is 6.02. The number of halogens is 4. The third-order valence-corrected chi connectivity index (χ3v) is 6.02. The Morgan fingerprint density at radius 2 is 1.67 bits per heavy atom. The highest BCUT2D eigenvalue weighted by Gasteiger charge is 2.31. The van der Waals surface area contributed by atoms with E-state index in [1.54, 1.807) is 0 Å². The van der Waals surface area contributed by atoms with Crippen LogP contribution in [0.2, 0.25) is 0 Å². The lowest BCUT2D eigenvalue weighted by Crippen LogP contribution is -2.37. The Balaban J connectivity index is 1.35. The molecule has 0 bridgehead atoms. The van der Waals surface area contributed by atoms with E-state index in [2.05, 4.69) is 20.6 Å². The molecule has 1 fully saturated rings. The molecule has 176 valence electrons. The van der Waals surface area contributed by atoms with Gasteiger partial charge in [-0.1, -0.05) is 12.1 Å². The Morgan fingerprint density at radius 3 is 2.36 bits per heavy atom. The summed E-state index contributed by atoms with van der Waals surface area (Å²) in [6.07, 6.45) is -1.12. The molecule has 3 aromatic rings. The van der Waals surface area contributed by atoms with Gasteiger partial charge in [-0.2, -0.15) is 18.2 Å². The summed E-state index contributed by atoms with van der Waals surface area (Å²) < 4.78 is 52.7. The molecule has 1 aliphatic carbocycles. The van der Waals surface area contributed by atoms with Crippen molar-refractivity contribution in [2.75, 3.05) is 24.3 Å². The zero-order valence-electron chi connectivity index (χ0n) is 18.6. The fraction of sp³-hybridized carbons (Fsp3) is 0.417. The molecule has 1 aromatic heterocycles. The molecule has 0 amide bonds. The molecule has 1 aliphatic rings. The maximum atomic E-state index is 14.0. The van der Waals surface area contributed by atoms with Gasteiger partial charge in [0, 0.05) is 43.7 Å². The van der Waals surface area contributed by atoms with E-state index < -0.39 is 17.6 Å². The molecule has 33 heavy (non-hydrogen) atoms. The van der Waals surface area contributed by atoms with Gasteiger partial charge in [-0.05, 0) is 56.0 Å². The van der Waals surface area contributed by atoms with Crippen LogP contribution in [0.3, 0.4) is 0 Å². The predicted octanol–water partition coefficient (Wildman–Crippen LogP) is 5.37. The molecule has 9 heteroatoms. The highest BCUT2D eigenvalue weighted by atomic mass is 19.4. The fourth-order valence-corrected chi connectivity index (χ4v) is 4.23. The summed E-state index contributed by atoms with van der Waals surface area (Å²) in [5.41, 5.74) is 0.0732. The van der Waals surface area contributed by atoms with Crippen LogP contribution in [0.1, 0.15) is 36.8 Å². The molecule has 2 N–H and O–H groups in total. The van der Waals surface area contributed by atoms with E-state index in [4.69, 9.17) is 0 Å². The molecular formula is C24H27F4N5. The van der Waals surface area contributed by atoms with E-state index in [1.165, 1.54) is 0 Å². The molecule has 5 nitrogen and oxygen atoms in total. The number of hydrogen-bond donors (Lipinski definition) is 2. The monoisotopic (exact) mass is 461 g/mol. The van der Waals surface area contributed by atoms with Crippen LogP contribution in [0, 0.1) is 5.82 Å². The third kappa shape index (κ3) is 5.52. The highest BCUT2D eigenvalue weighted by Crippen LogP contribution is 2.31. The average Bonchev–Trinajstić information content (AvgIpc) is 2.78. The van der Waals surface area contributed by atoms with Crippen LogP contribution in [-0.4, -0.2) is 36.1 Å². The Bertz CT molecular complexity index is 1110. The summed E-state index contributed by atoms with van der Waals surface area (Å²) in [6, 6.07) is 10.7. The van der Waals surface area contributed by atoms with E-state index in [0.717, 1.165) is 60.6 Å². The molecule has 0 unspecified atom stereocenters. The van der Waals surface area contributed by atoms with Crippen molar-refractivity contribution < 1.29 is 17.6 Å². The molecule has 0 saturated heterocycles. The molecule has 1 saturated carbocycles. The largest absolute Gasteiger partial charge is 0.416 e. The van der Waals surface area contributed by atoms with Crippen molar-refractivity contribution >= 4 is 22.7 Å². The molecule has 2 aromatic carbocycles. The number of nitrogens with zero attached hydrogens (tertiary/aromatic N) is 3. The van der Waals surface area contributed by atoms with Crippen molar-refractivity contribution in [1.82, 2.24) is 15.3 Å². The second kappa shape index (κ2) is 9.51. The van der Waals surface area contributed by atoms with Gasteiger partial charge >= 0.3 is 6.18 Å². The van der Waals surface area contributed by atoms with E-state index >= 15 is 0 Å². The quantitative estimate of drug-likeness (QED) is 0.484. The van der Waals surface area contributed by atoms with Crippen LogP contribution in [0.15, 0.2) is 42.5 Å². The van der Waals surface area contributed by atoms with Gasteiger partial charge in [-0.15, -0.1) is 0 Å². The maximum absolute atomic E-state index is 14.0. The Labute approximate surface area is 190 Å². The van der Waals surface area contributed by atoms with Crippen molar-refractivity contribution in [1.29, 1.82) is 0 Å². The van der Waals surface area contributed by atoms with Crippen LogP contribution in [0.25, 0.3) is 10.9 Å². The SMILES string of the molecule is CN(C)c1nc(N[C@H]2CC[C@@H](NCc3cc(C(F)(F)F)ccc3F)CC2)nc2ccccc12. The smallest absolute Gasteiger partial charge is 0.362 e. The first-order valence-corrected chi connectivity index (χ1v) is 11.0. The predicted molar refractivity (Wildman–Crippen MR) is 122 cm³/mol. The van der Waals surface area contributed by atoms with Crippen molar-refractivity contribution in [2.24, 2.45) is 0 Å². The van der Waals surface area contributed by atoms with Crippen LogP contribution in [-0.2, 0) is 12.7 Å². The first-order valence-electron chi connectivity index (χ1n) is 11.0. The van der Waals surface area contributed by atoms with E-state index in [9.17, 15) is 17.6 Å². The molecule has 0 aliphatic heterocycles. The van der Waals surface area contributed by atoms with Crippen LogP contribution in [0.5, 0.6) is 0 Å². The van der Waals surface area contributed by atoms with Gasteiger partial charge in [0.15, 0.2) is 0 Å². The lowest BCUT2D eigenvalue weighted by atomic mass is 9.91. The van der Waals surface area contributed by atoms with Crippen LogP contribution >= 0.6 is 0 Å². The van der Waals surface area contributed by atoms with E-state index in [-0.39, 0.29) is 24.2 Å². The van der Waals surface area contributed by atoms with Gasteiger partial charge in [0.1, 0.15) is 11.6 Å². The first-order chi connectivity index (χ1) is 15.7. The molecule has 4 rings (SSSR count). The number of anilines is 2. The molecule has 1 heterocycles. The van der Waals surface area contributed by atoms with Gasteiger partial charge in [0.05, 0.1) is 11.1 Å². The molecule has 0 radical (unpaired) electrons. The van der Waals surface area contributed by atoms with Crippen molar-refractivity contribution in [3.63, 3.8) is 0 Å². The Hall–Kier alpha value is -2.94. The van der Waals surface area contributed by atoms with Gasteiger partial charge in [0.25, 0.3) is 0 Å². The number of fused-ring (bicyclic) bond motifs is 1. The maximum Gasteiger partial charge on any atom is 0.416 e. The first kappa shape index (κ1) is 23.2. The van der Waals surface area contributed by atoms with E-state index in [1.807, 2.05) is 43.3 Å². The molecule has 0 atom stereocenters. The fourth-order valence-electron chi connectivity index (χ4n) is 4.23. The van der Waals surface area contributed by atoms with Gasteiger partial charge in [-0.3, -0.25) is 0 Å². The minimum atomic E-state index is -4.48. The normalized spacial score (nSPS) is 19.0. The number of benzene rings is 2. The standard InChI is InChI=1S/C24H27F4N5/c1-33(2)22-19-5-3-4-6-21(19)31-23(32-22)30-18-10-8-17(9-11-18)29-14-15-13-16(24(26,27)28)7-12-20(15)25/h3-7,12-13,17-18,29H,8-11,14H2,1-2H3,(H,30,31,32)/t17-,18+. The molecule has 0 spiro atoms. The Kier molecular flexibility index (Phi) is 6.69. The van der Waals surface area contributed by atoms with Crippen molar-refractivity contribution in [2.45, 2.75) is 50.5 Å². The minimum Gasteiger partial charge on any atom is -0.362 e. The average molecular weight is 462 g/mol. The Morgan fingerprint density at radius 1 is 0.970 bits per heavy atom. The number of hydrogen-bond acceptors (Lipinski definition) is 5. The zero-order chi connectivity index (χ0) is 23.6. The van der Waals surface area contributed by atoms with Gasteiger partial charge in [0.2, 0.25) is 5.95 Å². The number of nitrogens with one attached hydrogen (secondary N) is 2. The summed E-state index contributed by atoms with van der Waals surface area (Å²) in [6.45, 7) is 0.0680. The van der Waals surface area contributed by atoms with Gasteiger partial charge < -0.3 is 15.5 Å². The van der Waals surface area contributed by atoms with E-state index in [0.29, 0.717) is 5.95 Å².